The van der Waals surface area contributed by atoms with Crippen LogP contribution in [0.5, 0.6) is 0 Å². The quantitative estimate of drug-likeness (QED) is 0.625. The van der Waals surface area contributed by atoms with E-state index in [1.54, 1.807) is 11.8 Å². The number of benzene rings is 2. The summed E-state index contributed by atoms with van der Waals surface area (Å²) in [5.41, 5.74) is 1.14. The van der Waals surface area contributed by atoms with Crippen LogP contribution < -0.4 is 5.32 Å². The van der Waals surface area contributed by atoms with E-state index in [0.29, 0.717) is 10.0 Å². The third-order valence-electron chi connectivity index (χ3n) is 3.01. The molecule has 0 spiro atoms. The van der Waals surface area contributed by atoms with E-state index in [-0.39, 0.29) is 6.04 Å². The molecular weight excluding hydrogens is 345 g/mol. The van der Waals surface area contributed by atoms with Crippen LogP contribution in [0, 0.1) is 0 Å². The van der Waals surface area contributed by atoms with Gasteiger partial charge in [-0.1, -0.05) is 53.9 Å². The van der Waals surface area contributed by atoms with Crippen molar-refractivity contribution in [3.8, 4) is 0 Å². The number of halogens is 3. The average molecular weight is 361 g/mol. The van der Waals surface area contributed by atoms with Gasteiger partial charge in [-0.2, -0.15) is 0 Å². The molecular formula is C16H16Cl3NS. The third kappa shape index (κ3) is 5.08. The molecule has 21 heavy (non-hydrogen) atoms. The summed E-state index contributed by atoms with van der Waals surface area (Å²) in [6.45, 7) is 2.98. The maximum Gasteiger partial charge on any atom is 0.0595 e. The second kappa shape index (κ2) is 8.30. The number of rotatable bonds is 6. The molecule has 1 atom stereocenters. The first-order valence-corrected chi connectivity index (χ1v) is 8.78. The Balaban J connectivity index is 2.09. The SMILES string of the molecule is CCNC(CSc1cccc(Cl)c1)c1ccc(Cl)c(Cl)c1. The fraction of sp³-hybridized carbons (Fsp3) is 0.250. The molecule has 0 fully saturated rings. The highest BCUT2D eigenvalue weighted by molar-refractivity contribution is 7.99. The highest BCUT2D eigenvalue weighted by Gasteiger charge is 2.12. The van der Waals surface area contributed by atoms with Crippen LogP contribution >= 0.6 is 46.6 Å². The molecule has 0 amide bonds. The smallest absolute Gasteiger partial charge is 0.0595 e. The van der Waals surface area contributed by atoms with Gasteiger partial charge in [0.1, 0.15) is 0 Å². The lowest BCUT2D eigenvalue weighted by Crippen LogP contribution is -2.22. The van der Waals surface area contributed by atoms with Crippen LogP contribution in [-0.2, 0) is 0 Å². The molecule has 5 heteroatoms. The molecule has 2 rings (SSSR count). The van der Waals surface area contributed by atoms with Crippen molar-refractivity contribution in [3.05, 3.63) is 63.1 Å². The normalized spacial score (nSPS) is 12.4. The molecule has 2 aromatic carbocycles. The van der Waals surface area contributed by atoms with Gasteiger partial charge in [0, 0.05) is 21.7 Å². The Morgan fingerprint density at radius 1 is 1.05 bits per heavy atom. The van der Waals surface area contributed by atoms with Gasteiger partial charge in [-0.25, -0.2) is 0 Å². The highest BCUT2D eigenvalue weighted by atomic mass is 35.5. The van der Waals surface area contributed by atoms with Crippen molar-refractivity contribution in [2.75, 3.05) is 12.3 Å². The first-order chi connectivity index (χ1) is 10.1. The van der Waals surface area contributed by atoms with Crippen molar-refractivity contribution in [2.24, 2.45) is 0 Å². The van der Waals surface area contributed by atoms with E-state index in [0.717, 1.165) is 27.8 Å². The zero-order valence-corrected chi connectivity index (χ0v) is 14.7. The minimum absolute atomic E-state index is 0.216. The lowest BCUT2D eigenvalue weighted by atomic mass is 10.1. The number of hydrogen-bond donors (Lipinski definition) is 1. The van der Waals surface area contributed by atoms with E-state index in [4.69, 9.17) is 34.8 Å². The number of hydrogen-bond acceptors (Lipinski definition) is 2. The highest BCUT2D eigenvalue weighted by Crippen LogP contribution is 2.30. The third-order valence-corrected chi connectivity index (χ3v) is 5.07. The monoisotopic (exact) mass is 359 g/mol. The molecule has 1 nitrogen and oxygen atoms in total. The Morgan fingerprint density at radius 2 is 1.86 bits per heavy atom. The molecule has 0 radical (unpaired) electrons. The van der Waals surface area contributed by atoms with Crippen molar-refractivity contribution in [3.63, 3.8) is 0 Å². The lowest BCUT2D eigenvalue weighted by molar-refractivity contribution is 0.606. The van der Waals surface area contributed by atoms with Crippen molar-refractivity contribution in [1.82, 2.24) is 5.32 Å². The average Bonchev–Trinajstić information content (AvgIpc) is 2.46. The molecule has 0 heterocycles. The molecule has 112 valence electrons. The van der Waals surface area contributed by atoms with Gasteiger partial charge in [-0.3, -0.25) is 0 Å². The Hall–Kier alpha value is -0.380. The minimum Gasteiger partial charge on any atom is -0.309 e. The van der Waals surface area contributed by atoms with Crippen molar-refractivity contribution >= 4 is 46.6 Å². The fourth-order valence-corrected chi connectivity index (χ4v) is 3.60. The molecule has 0 aliphatic heterocycles. The summed E-state index contributed by atoms with van der Waals surface area (Å²) in [6, 6.07) is 13.9. The van der Waals surface area contributed by atoms with Crippen LogP contribution in [-0.4, -0.2) is 12.3 Å². The maximum atomic E-state index is 6.11. The maximum absolute atomic E-state index is 6.11. The fourth-order valence-electron chi connectivity index (χ4n) is 1.98. The topological polar surface area (TPSA) is 12.0 Å². The Bertz CT molecular complexity index is 604. The van der Waals surface area contributed by atoms with E-state index >= 15 is 0 Å². The van der Waals surface area contributed by atoms with Crippen LogP contribution in [0.25, 0.3) is 0 Å². The molecule has 1 unspecified atom stereocenters. The Labute approximate surface area is 145 Å². The molecule has 0 saturated heterocycles. The predicted octanol–water partition coefficient (Wildman–Crippen LogP) is 6.09. The molecule has 0 bridgehead atoms. The van der Waals surface area contributed by atoms with Crippen LogP contribution in [0.4, 0.5) is 0 Å². The van der Waals surface area contributed by atoms with Gasteiger partial charge < -0.3 is 5.32 Å². The summed E-state index contributed by atoms with van der Waals surface area (Å²) < 4.78 is 0. The molecule has 0 aliphatic rings. The van der Waals surface area contributed by atoms with Crippen molar-refractivity contribution in [2.45, 2.75) is 17.9 Å². The standard InChI is InChI=1S/C16H16Cl3NS/c1-2-20-16(11-6-7-14(18)15(19)8-11)10-21-13-5-3-4-12(17)9-13/h3-9,16,20H,2,10H2,1H3. The summed E-state index contributed by atoms with van der Waals surface area (Å²) in [5.74, 6) is 0.895. The molecule has 2 aromatic rings. The Morgan fingerprint density at radius 3 is 2.52 bits per heavy atom. The van der Waals surface area contributed by atoms with Gasteiger partial charge in [-0.05, 0) is 42.4 Å². The molecule has 1 N–H and O–H groups in total. The largest absolute Gasteiger partial charge is 0.309 e. The van der Waals surface area contributed by atoms with Gasteiger partial charge in [0.25, 0.3) is 0 Å². The molecule has 0 aromatic heterocycles. The zero-order chi connectivity index (χ0) is 15.2. The Kier molecular flexibility index (Phi) is 6.72. The van der Waals surface area contributed by atoms with Crippen molar-refractivity contribution < 1.29 is 0 Å². The number of nitrogens with one attached hydrogen (secondary N) is 1. The van der Waals surface area contributed by atoms with E-state index < -0.39 is 0 Å². The van der Waals surface area contributed by atoms with Gasteiger partial charge in [0.15, 0.2) is 0 Å². The van der Waals surface area contributed by atoms with Gasteiger partial charge in [-0.15, -0.1) is 11.8 Å². The number of thioether (sulfide) groups is 1. The summed E-state index contributed by atoms with van der Waals surface area (Å²) in [5, 5.41) is 5.40. The molecule has 0 saturated carbocycles. The van der Waals surface area contributed by atoms with Gasteiger partial charge in [0.2, 0.25) is 0 Å². The van der Waals surface area contributed by atoms with Gasteiger partial charge >= 0.3 is 0 Å². The van der Waals surface area contributed by atoms with Crippen molar-refractivity contribution in [1.29, 1.82) is 0 Å². The van der Waals surface area contributed by atoms with E-state index in [2.05, 4.69) is 18.3 Å². The van der Waals surface area contributed by atoms with Crippen LogP contribution in [0.15, 0.2) is 47.4 Å². The zero-order valence-electron chi connectivity index (χ0n) is 11.6. The summed E-state index contributed by atoms with van der Waals surface area (Å²) in [6.07, 6.45) is 0. The molecule has 0 aliphatic carbocycles. The lowest BCUT2D eigenvalue weighted by Gasteiger charge is -2.18. The van der Waals surface area contributed by atoms with Gasteiger partial charge in [0.05, 0.1) is 10.0 Å². The second-order valence-corrected chi connectivity index (χ2v) is 6.90. The summed E-state index contributed by atoms with van der Waals surface area (Å²) >= 11 is 19.9. The van der Waals surface area contributed by atoms with E-state index in [9.17, 15) is 0 Å². The minimum atomic E-state index is 0.216. The van der Waals surface area contributed by atoms with Crippen LogP contribution in [0.2, 0.25) is 15.1 Å². The van der Waals surface area contributed by atoms with E-state index in [1.807, 2.05) is 36.4 Å². The summed E-state index contributed by atoms with van der Waals surface area (Å²) in [7, 11) is 0. The van der Waals surface area contributed by atoms with Crippen LogP contribution in [0.3, 0.4) is 0 Å². The first-order valence-electron chi connectivity index (χ1n) is 6.67. The summed E-state index contributed by atoms with van der Waals surface area (Å²) in [4.78, 5) is 1.16. The predicted molar refractivity (Wildman–Crippen MR) is 95.1 cm³/mol. The van der Waals surface area contributed by atoms with Crippen LogP contribution in [0.1, 0.15) is 18.5 Å². The second-order valence-electron chi connectivity index (χ2n) is 4.55. The first kappa shape index (κ1) is 17.0. The van der Waals surface area contributed by atoms with E-state index in [1.165, 1.54) is 0 Å².